The van der Waals surface area contributed by atoms with Gasteiger partial charge in [0.1, 0.15) is 17.2 Å². The standard InChI is InChI=1S/C20H32N2O4.ClH/c1-15(16-6-4-7-21-14-16)10-20(23)22-8-5-9-26-19-12-17(24-2)11-18(13-19)25-3;/h11-13,15-16,21H,4-10,14H2,1-3H3,(H,22,23);1H. The van der Waals surface area contributed by atoms with E-state index in [1.165, 1.54) is 12.8 Å². The van der Waals surface area contributed by atoms with Gasteiger partial charge in [-0.05, 0) is 44.2 Å². The molecule has 0 saturated carbocycles. The van der Waals surface area contributed by atoms with E-state index in [4.69, 9.17) is 14.2 Å². The predicted molar refractivity (Wildman–Crippen MR) is 109 cm³/mol. The topological polar surface area (TPSA) is 68.8 Å². The Balaban J connectivity index is 0.00000364. The third-order valence-corrected chi connectivity index (χ3v) is 4.88. The molecule has 7 heteroatoms. The molecule has 1 aromatic rings. The van der Waals surface area contributed by atoms with E-state index in [-0.39, 0.29) is 18.3 Å². The summed E-state index contributed by atoms with van der Waals surface area (Å²) in [5.41, 5.74) is 0. The zero-order chi connectivity index (χ0) is 18.8. The number of nitrogens with one attached hydrogen (secondary N) is 2. The summed E-state index contributed by atoms with van der Waals surface area (Å²) < 4.78 is 16.2. The van der Waals surface area contributed by atoms with Crippen LogP contribution >= 0.6 is 12.4 Å². The van der Waals surface area contributed by atoms with Crippen LogP contribution in [0.25, 0.3) is 0 Å². The van der Waals surface area contributed by atoms with E-state index in [2.05, 4.69) is 17.6 Å². The number of rotatable bonds is 10. The smallest absolute Gasteiger partial charge is 0.220 e. The number of halogens is 1. The van der Waals surface area contributed by atoms with Crippen molar-refractivity contribution in [1.82, 2.24) is 10.6 Å². The molecule has 0 spiro atoms. The second kappa shape index (κ2) is 12.7. The molecule has 2 unspecified atom stereocenters. The van der Waals surface area contributed by atoms with E-state index in [0.717, 1.165) is 19.5 Å². The molecule has 1 amide bonds. The zero-order valence-electron chi connectivity index (χ0n) is 16.6. The minimum absolute atomic E-state index is 0. The molecule has 1 saturated heterocycles. The van der Waals surface area contributed by atoms with Gasteiger partial charge in [-0.1, -0.05) is 6.92 Å². The number of carbonyl (C=O) groups is 1. The molecule has 154 valence electrons. The van der Waals surface area contributed by atoms with Crippen molar-refractivity contribution in [2.45, 2.75) is 32.6 Å². The van der Waals surface area contributed by atoms with Crippen LogP contribution in [0.2, 0.25) is 0 Å². The molecular formula is C20H33ClN2O4. The van der Waals surface area contributed by atoms with Crippen LogP contribution in [0.15, 0.2) is 18.2 Å². The van der Waals surface area contributed by atoms with Crippen LogP contribution in [0.3, 0.4) is 0 Å². The first-order valence-electron chi connectivity index (χ1n) is 9.45. The van der Waals surface area contributed by atoms with Crippen molar-refractivity contribution in [3.63, 3.8) is 0 Å². The number of piperidine rings is 1. The van der Waals surface area contributed by atoms with Crippen molar-refractivity contribution in [3.8, 4) is 17.2 Å². The maximum Gasteiger partial charge on any atom is 0.220 e. The Labute approximate surface area is 168 Å². The van der Waals surface area contributed by atoms with Crippen LogP contribution in [0.5, 0.6) is 17.2 Å². The van der Waals surface area contributed by atoms with Gasteiger partial charge in [0.25, 0.3) is 0 Å². The average Bonchev–Trinajstić information content (AvgIpc) is 2.68. The molecular weight excluding hydrogens is 368 g/mol. The quantitative estimate of drug-likeness (QED) is 0.591. The van der Waals surface area contributed by atoms with Crippen molar-refractivity contribution in [3.05, 3.63) is 18.2 Å². The summed E-state index contributed by atoms with van der Waals surface area (Å²) in [5.74, 6) is 3.25. The fraction of sp³-hybridized carbons (Fsp3) is 0.650. The molecule has 1 heterocycles. The van der Waals surface area contributed by atoms with Gasteiger partial charge in [-0.3, -0.25) is 4.79 Å². The highest BCUT2D eigenvalue weighted by Gasteiger charge is 2.21. The van der Waals surface area contributed by atoms with Gasteiger partial charge < -0.3 is 24.8 Å². The second-order valence-corrected chi connectivity index (χ2v) is 6.89. The maximum atomic E-state index is 12.1. The first kappa shape index (κ1) is 23.4. The van der Waals surface area contributed by atoms with E-state index in [0.29, 0.717) is 48.7 Å². The van der Waals surface area contributed by atoms with Gasteiger partial charge in [-0.25, -0.2) is 0 Å². The van der Waals surface area contributed by atoms with Gasteiger partial charge in [0.2, 0.25) is 5.91 Å². The second-order valence-electron chi connectivity index (χ2n) is 6.89. The highest BCUT2D eigenvalue weighted by Crippen LogP contribution is 2.27. The fourth-order valence-electron chi connectivity index (χ4n) is 3.25. The summed E-state index contributed by atoms with van der Waals surface area (Å²) in [5, 5.41) is 6.41. The number of hydrogen-bond acceptors (Lipinski definition) is 5. The third-order valence-electron chi connectivity index (χ3n) is 4.88. The summed E-state index contributed by atoms with van der Waals surface area (Å²) in [4.78, 5) is 12.1. The number of hydrogen-bond donors (Lipinski definition) is 2. The molecule has 2 N–H and O–H groups in total. The lowest BCUT2D eigenvalue weighted by atomic mass is 9.85. The summed E-state index contributed by atoms with van der Waals surface area (Å²) in [6.07, 6.45) is 3.78. The lowest BCUT2D eigenvalue weighted by Crippen LogP contribution is -2.35. The van der Waals surface area contributed by atoms with Crippen molar-refractivity contribution >= 4 is 18.3 Å². The number of amides is 1. The van der Waals surface area contributed by atoms with Crippen LogP contribution in [-0.2, 0) is 4.79 Å². The maximum absolute atomic E-state index is 12.1. The molecule has 1 aliphatic rings. The van der Waals surface area contributed by atoms with Crippen LogP contribution in [0.4, 0.5) is 0 Å². The molecule has 6 nitrogen and oxygen atoms in total. The zero-order valence-corrected chi connectivity index (χ0v) is 17.4. The Morgan fingerprint density at radius 1 is 1.22 bits per heavy atom. The number of carbonyl (C=O) groups excluding carboxylic acids is 1. The van der Waals surface area contributed by atoms with E-state index >= 15 is 0 Å². The number of ether oxygens (including phenoxy) is 3. The molecule has 1 aromatic carbocycles. The highest BCUT2D eigenvalue weighted by atomic mass is 35.5. The largest absolute Gasteiger partial charge is 0.496 e. The summed E-state index contributed by atoms with van der Waals surface area (Å²) in [6, 6.07) is 5.44. The Kier molecular flexibility index (Phi) is 11.0. The Morgan fingerprint density at radius 3 is 2.48 bits per heavy atom. The first-order valence-corrected chi connectivity index (χ1v) is 9.45. The lowest BCUT2D eigenvalue weighted by molar-refractivity contribution is -0.122. The van der Waals surface area contributed by atoms with E-state index < -0.39 is 0 Å². The molecule has 0 radical (unpaired) electrons. The Bertz CT molecular complexity index is 543. The molecule has 27 heavy (non-hydrogen) atoms. The van der Waals surface area contributed by atoms with E-state index in [1.54, 1.807) is 20.3 Å². The van der Waals surface area contributed by atoms with Crippen LogP contribution in [0.1, 0.15) is 32.6 Å². The Morgan fingerprint density at radius 2 is 1.89 bits per heavy atom. The van der Waals surface area contributed by atoms with E-state index in [1.807, 2.05) is 12.1 Å². The lowest BCUT2D eigenvalue weighted by Gasteiger charge is -2.28. The average molecular weight is 401 g/mol. The van der Waals surface area contributed by atoms with Gasteiger partial charge in [-0.15, -0.1) is 12.4 Å². The van der Waals surface area contributed by atoms with Crippen LogP contribution in [-0.4, -0.2) is 46.4 Å². The summed E-state index contributed by atoms with van der Waals surface area (Å²) in [6.45, 7) is 5.46. The van der Waals surface area contributed by atoms with Crippen molar-refractivity contribution in [2.75, 3.05) is 40.5 Å². The monoisotopic (exact) mass is 400 g/mol. The summed E-state index contributed by atoms with van der Waals surface area (Å²) >= 11 is 0. The predicted octanol–water partition coefficient (Wildman–Crippen LogP) is 3.04. The molecule has 2 rings (SSSR count). The van der Waals surface area contributed by atoms with Gasteiger partial charge >= 0.3 is 0 Å². The fourth-order valence-corrected chi connectivity index (χ4v) is 3.25. The van der Waals surface area contributed by atoms with Crippen LogP contribution in [0, 0.1) is 11.8 Å². The van der Waals surface area contributed by atoms with E-state index in [9.17, 15) is 4.79 Å². The molecule has 0 aliphatic carbocycles. The van der Waals surface area contributed by atoms with Gasteiger partial charge in [0.15, 0.2) is 0 Å². The first-order chi connectivity index (χ1) is 12.6. The molecule has 0 aromatic heterocycles. The van der Waals surface area contributed by atoms with Gasteiger partial charge in [0.05, 0.1) is 20.8 Å². The SMILES string of the molecule is COc1cc(OC)cc(OCCCNC(=O)CC(C)C2CCCNC2)c1.Cl. The van der Waals surface area contributed by atoms with Crippen molar-refractivity contribution in [1.29, 1.82) is 0 Å². The minimum Gasteiger partial charge on any atom is -0.496 e. The van der Waals surface area contributed by atoms with Crippen LogP contribution < -0.4 is 24.8 Å². The van der Waals surface area contributed by atoms with Crippen molar-refractivity contribution < 1.29 is 19.0 Å². The normalized spacial score (nSPS) is 17.4. The molecule has 1 aliphatic heterocycles. The third kappa shape index (κ3) is 8.26. The van der Waals surface area contributed by atoms with Crippen molar-refractivity contribution in [2.24, 2.45) is 11.8 Å². The highest BCUT2D eigenvalue weighted by molar-refractivity contribution is 5.85. The molecule has 1 fully saturated rings. The Hall–Kier alpha value is -1.66. The molecule has 0 bridgehead atoms. The minimum atomic E-state index is 0. The van der Waals surface area contributed by atoms with Gasteiger partial charge in [-0.2, -0.15) is 0 Å². The summed E-state index contributed by atoms with van der Waals surface area (Å²) in [7, 11) is 3.22. The number of methoxy groups -OCH3 is 2. The number of benzene rings is 1. The molecule has 2 atom stereocenters. The van der Waals surface area contributed by atoms with Gasteiger partial charge in [0, 0.05) is 31.2 Å².